The molecule has 1 aromatic carbocycles. The van der Waals surface area contributed by atoms with Crippen LogP contribution in [0.5, 0.6) is 0 Å². The van der Waals surface area contributed by atoms with Crippen LogP contribution in [0.4, 0.5) is 5.69 Å². The largest absolute Gasteiger partial charge is 0.367 e. The van der Waals surface area contributed by atoms with Gasteiger partial charge in [0.15, 0.2) is 0 Å². The number of hydrogen-bond acceptors (Lipinski definition) is 3. The van der Waals surface area contributed by atoms with Gasteiger partial charge in [-0.15, -0.1) is 0 Å². The highest BCUT2D eigenvalue weighted by atomic mass is 16.1. The number of fused-ring (bicyclic) bond motifs is 1. The van der Waals surface area contributed by atoms with Crippen molar-refractivity contribution in [2.45, 2.75) is 51.5 Å². The first kappa shape index (κ1) is 16.8. The van der Waals surface area contributed by atoms with Crippen LogP contribution in [0.1, 0.15) is 44.6 Å². The topological polar surface area (TPSA) is 58.4 Å². The Morgan fingerprint density at radius 2 is 2.05 bits per heavy atom. The summed E-state index contributed by atoms with van der Waals surface area (Å²) < 4.78 is 0. The summed E-state index contributed by atoms with van der Waals surface area (Å²) in [6, 6.07) is 9.08. The number of rotatable bonds is 9. The van der Waals surface area contributed by atoms with Gasteiger partial charge < -0.3 is 16.0 Å². The van der Waals surface area contributed by atoms with Gasteiger partial charge in [0, 0.05) is 31.2 Å². The molecule has 2 rings (SSSR count). The zero-order valence-electron chi connectivity index (χ0n) is 13.7. The molecule has 0 fully saturated rings. The zero-order valence-corrected chi connectivity index (χ0v) is 13.7. The lowest BCUT2D eigenvalue weighted by molar-refractivity contribution is -0.121. The number of carbonyl (C=O) groups excluding carboxylic acids is 1. The van der Waals surface area contributed by atoms with E-state index >= 15 is 0 Å². The van der Waals surface area contributed by atoms with Crippen molar-refractivity contribution in [1.29, 1.82) is 0 Å². The van der Waals surface area contributed by atoms with Gasteiger partial charge in [-0.1, -0.05) is 31.0 Å². The van der Waals surface area contributed by atoms with E-state index in [-0.39, 0.29) is 5.91 Å². The van der Waals surface area contributed by atoms with Gasteiger partial charge in [0.1, 0.15) is 0 Å². The predicted octanol–water partition coefficient (Wildman–Crippen LogP) is 2.46. The SMILES string of the molecule is CC1Cc2ccccc2N1CCNC(=O)CCCCCCN. The first-order valence-electron chi connectivity index (χ1n) is 8.53. The summed E-state index contributed by atoms with van der Waals surface area (Å²) in [6.07, 6.45) is 6.00. The van der Waals surface area contributed by atoms with Gasteiger partial charge in [-0.2, -0.15) is 0 Å². The molecule has 0 radical (unpaired) electrons. The highest BCUT2D eigenvalue weighted by Crippen LogP contribution is 2.31. The van der Waals surface area contributed by atoms with Crippen LogP contribution in [0.25, 0.3) is 0 Å². The molecule has 0 saturated carbocycles. The second kappa shape index (κ2) is 8.79. The molecule has 1 unspecified atom stereocenters. The highest BCUT2D eigenvalue weighted by Gasteiger charge is 2.24. The Morgan fingerprint density at radius 3 is 2.86 bits per heavy atom. The average molecular weight is 303 g/mol. The van der Waals surface area contributed by atoms with Gasteiger partial charge in [0.2, 0.25) is 5.91 Å². The van der Waals surface area contributed by atoms with E-state index in [1.807, 2.05) is 0 Å². The van der Waals surface area contributed by atoms with Crippen LogP contribution in [-0.2, 0) is 11.2 Å². The molecular weight excluding hydrogens is 274 g/mol. The van der Waals surface area contributed by atoms with Crippen LogP contribution < -0.4 is 16.0 Å². The van der Waals surface area contributed by atoms with Crippen molar-refractivity contribution in [1.82, 2.24) is 5.32 Å². The Hall–Kier alpha value is -1.55. The molecular formula is C18H29N3O. The number of nitrogens with zero attached hydrogens (tertiary/aromatic N) is 1. The molecule has 4 heteroatoms. The van der Waals surface area contributed by atoms with Gasteiger partial charge >= 0.3 is 0 Å². The summed E-state index contributed by atoms with van der Waals surface area (Å²) in [5.74, 6) is 0.174. The maximum absolute atomic E-state index is 11.8. The predicted molar refractivity (Wildman–Crippen MR) is 92.1 cm³/mol. The van der Waals surface area contributed by atoms with Crippen molar-refractivity contribution in [3.8, 4) is 0 Å². The fourth-order valence-electron chi connectivity index (χ4n) is 3.16. The van der Waals surface area contributed by atoms with E-state index in [2.05, 4.69) is 41.4 Å². The Morgan fingerprint density at radius 1 is 1.27 bits per heavy atom. The molecule has 4 nitrogen and oxygen atoms in total. The molecule has 0 aliphatic carbocycles. The first-order chi connectivity index (χ1) is 10.7. The molecule has 122 valence electrons. The number of nitrogens with one attached hydrogen (secondary N) is 1. The third kappa shape index (κ3) is 4.73. The minimum atomic E-state index is 0.174. The summed E-state index contributed by atoms with van der Waals surface area (Å²) in [5, 5.41) is 3.05. The number of nitrogens with two attached hydrogens (primary N) is 1. The summed E-state index contributed by atoms with van der Waals surface area (Å²) >= 11 is 0. The molecule has 0 spiro atoms. The molecule has 3 N–H and O–H groups in total. The van der Waals surface area contributed by atoms with Crippen LogP contribution >= 0.6 is 0 Å². The van der Waals surface area contributed by atoms with E-state index < -0.39 is 0 Å². The number of anilines is 1. The molecule has 0 aromatic heterocycles. The molecule has 1 atom stereocenters. The lowest BCUT2D eigenvalue weighted by Crippen LogP contribution is -2.37. The monoisotopic (exact) mass is 303 g/mol. The van der Waals surface area contributed by atoms with Crippen molar-refractivity contribution in [3.05, 3.63) is 29.8 Å². The van der Waals surface area contributed by atoms with Crippen molar-refractivity contribution in [3.63, 3.8) is 0 Å². The molecule has 1 heterocycles. The lowest BCUT2D eigenvalue weighted by atomic mass is 10.1. The fourth-order valence-corrected chi connectivity index (χ4v) is 3.16. The van der Waals surface area contributed by atoms with Crippen LogP contribution in [-0.4, -0.2) is 31.6 Å². The third-order valence-electron chi connectivity index (χ3n) is 4.38. The van der Waals surface area contributed by atoms with Gasteiger partial charge in [-0.25, -0.2) is 0 Å². The van der Waals surface area contributed by atoms with Gasteiger partial charge in [-0.3, -0.25) is 4.79 Å². The lowest BCUT2D eigenvalue weighted by Gasteiger charge is -2.25. The van der Waals surface area contributed by atoms with Crippen LogP contribution in [0.2, 0.25) is 0 Å². The van der Waals surface area contributed by atoms with Crippen LogP contribution in [0, 0.1) is 0 Å². The molecule has 0 bridgehead atoms. The highest BCUT2D eigenvalue weighted by molar-refractivity contribution is 5.75. The summed E-state index contributed by atoms with van der Waals surface area (Å²) in [4.78, 5) is 14.2. The van der Waals surface area contributed by atoms with E-state index in [4.69, 9.17) is 5.73 Å². The quantitative estimate of drug-likeness (QED) is 0.689. The molecule has 22 heavy (non-hydrogen) atoms. The minimum absolute atomic E-state index is 0.174. The molecule has 1 aromatic rings. The summed E-state index contributed by atoms with van der Waals surface area (Å²) in [7, 11) is 0. The van der Waals surface area contributed by atoms with Crippen molar-refractivity contribution < 1.29 is 4.79 Å². The second-order valence-corrected chi connectivity index (χ2v) is 6.18. The zero-order chi connectivity index (χ0) is 15.8. The van der Waals surface area contributed by atoms with Crippen molar-refractivity contribution in [2.75, 3.05) is 24.5 Å². The van der Waals surface area contributed by atoms with Crippen LogP contribution in [0.15, 0.2) is 24.3 Å². The Balaban J connectivity index is 1.65. The smallest absolute Gasteiger partial charge is 0.220 e. The van der Waals surface area contributed by atoms with E-state index in [0.29, 0.717) is 12.5 Å². The minimum Gasteiger partial charge on any atom is -0.367 e. The number of benzene rings is 1. The Kier molecular flexibility index (Phi) is 6.72. The maximum Gasteiger partial charge on any atom is 0.220 e. The molecule has 0 saturated heterocycles. The number of amides is 1. The normalized spacial score (nSPS) is 16.6. The number of carbonyl (C=O) groups is 1. The van der Waals surface area contributed by atoms with E-state index in [1.165, 1.54) is 11.3 Å². The van der Waals surface area contributed by atoms with Crippen molar-refractivity contribution >= 4 is 11.6 Å². The van der Waals surface area contributed by atoms with E-state index in [0.717, 1.165) is 51.7 Å². The van der Waals surface area contributed by atoms with Crippen LogP contribution in [0.3, 0.4) is 0 Å². The third-order valence-corrected chi connectivity index (χ3v) is 4.38. The van der Waals surface area contributed by atoms with Gasteiger partial charge in [-0.05, 0) is 44.4 Å². The van der Waals surface area contributed by atoms with Crippen molar-refractivity contribution in [2.24, 2.45) is 5.73 Å². The molecule has 1 aliphatic heterocycles. The molecule has 1 aliphatic rings. The van der Waals surface area contributed by atoms with Gasteiger partial charge in [0.25, 0.3) is 0 Å². The first-order valence-corrected chi connectivity index (χ1v) is 8.53. The second-order valence-electron chi connectivity index (χ2n) is 6.18. The fraction of sp³-hybridized carbons (Fsp3) is 0.611. The number of hydrogen-bond donors (Lipinski definition) is 2. The number of unbranched alkanes of at least 4 members (excludes halogenated alkanes) is 3. The molecule has 1 amide bonds. The Bertz CT molecular complexity index is 475. The van der Waals surface area contributed by atoms with E-state index in [1.54, 1.807) is 0 Å². The van der Waals surface area contributed by atoms with E-state index in [9.17, 15) is 4.79 Å². The number of para-hydroxylation sites is 1. The summed E-state index contributed by atoms with van der Waals surface area (Å²) in [6.45, 7) is 4.61. The van der Waals surface area contributed by atoms with Gasteiger partial charge in [0.05, 0.1) is 0 Å². The maximum atomic E-state index is 11.8. The summed E-state index contributed by atoms with van der Waals surface area (Å²) in [5.41, 5.74) is 8.20. The Labute approximate surface area is 134 Å². The average Bonchev–Trinajstić information content (AvgIpc) is 2.83. The standard InChI is InChI=1S/C18H29N3O/c1-15-14-16-8-5-6-9-17(16)21(15)13-12-20-18(22)10-4-2-3-7-11-19/h5-6,8-9,15H,2-4,7,10-14,19H2,1H3,(H,20,22).